The zero-order valence-corrected chi connectivity index (χ0v) is 11.5. The Bertz CT molecular complexity index is 524. The minimum atomic E-state index is 0.0554. The van der Waals surface area contributed by atoms with Gasteiger partial charge < -0.3 is 5.32 Å². The highest BCUT2D eigenvalue weighted by Crippen LogP contribution is 2.30. The minimum absolute atomic E-state index is 0.0554. The number of thiophene rings is 1. The van der Waals surface area contributed by atoms with Gasteiger partial charge in [0.1, 0.15) is 5.78 Å². The Hall–Kier alpha value is -1.27. The van der Waals surface area contributed by atoms with E-state index in [4.69, 9.17) is 0 Å². The van der Waals surface area contributed by atoms with Crippen LogP contribution in [0.4, 0.5) is 5.95 Å². The first-order valence-corrected chi connectivity index (χ1v) is 6.57. The molecule has 0 radical (unpaired) electrons. The molecule has 0 saturated carbocycles. The van der Waals surface area contributed by atoms with Gasteiger partial charge in [-0.3, -0.25) is 4.79 Å². The van der Waals surface area contributed by atoms with E-state index in [1.807, 2.05) is 12.1 Å². The predicted octanol–water partition coefficient (Wildman–Crippen LogP) is 2.97. The molecule has 1 N–H and O–H groups in total. The van der Waals surface area contributed by atoms with Crippen LogP contribution in [0.3, 0.4) is 0 Å². The first-order valence-electron chi connectivity index (χ1n) is 4.96. The molecular weight excluding hydrogens is 302 g/mol. The Morgan fingerprint density at radius 3 is 2.65 bits per heavy atom. The Labute approximate surface area is 111 Å². The molecule has 0 bridgehead atoms. The molecule has 0 aromatic carbocycles. The summed E-state index contributed by atoms with van der Waals surface area (Å²) in [5, 5.41) is 2.85. The van der Waals surface area contributed by atoms with Crippen LogP contribution in [0.2, 0.25) is 0 Å². The molecule has 0 amide bonds. The fourth-order valence-corrected chi connectivity index (χ4v) is 2.58. The van der Waals surface area contributed by atoms with Gasteiger partial charge in [0.2, 0.25) is 5.95 Å². The number of hydrogen-bond acceptors (Lipinski definition) is 5. The van der Waals surface area contributed by atoms with E-state index >= 15 is 0 Å². The molecular formula is C11H10BrN3OS. The van der Waals surface area contributed by atoms with Crippen LogP contribution in [0.1, 0.15) is 6.92 Å². The Morgan fingerprint density at radius 1 is 1.41 bits per heavy atom. The van der Waals surface area contributed by atoms with E-state index in [-0.39, 0.29) is 12.3 Å². The summed E-state index contributed by atoms with van der Waals surface area (Å²) < 4.78 is 1.08. The zero-order valence-electron chi connectivity index (χ0n) is 9.11. The SMILES string of the molecule is CC(=O)CNc1ncc(-c2ccc(Br)s2)cn1. The Morgan fingerprint density at radius 2 is 2.12 bits per heavy atom. The van der Waals surface area contributed by atoms with Gasteiger partial charge in [-0.25, -0.2) is 9.97 Å². The lowest BCUT2D eigenvalue weighted by atomic mass is 10.3. The predicted molar refractivity (Wildman–Crippen MR) is 72.2 cm³/mol. The first kappa shape index (κ1) is 12.2. The maximum Gasteiger partial charge on any atom is 0.222 e. The van der Waals surface area contributed by atoms with Gasteiger partial charge in [0, 0.05) is 22.8 Å². The fraction of sp³-hybridized carbons (Fsp3) is 0.182. The third-order valence-electron chi connectivity index (χ3n) is 2.01. The number of carbonyl (C=O) groups excluding carboxylic acids is 1. The molecule has 17 heavy (non-hydrogen) atoms. The zero-order chi connectivity index (χ0) is 12.3. The van der Waals surface area contributed by atoms with Crippen LogP contribution >= 0.6 is 27.3 Å². The lowest BCUT2D eigenvalue weighted by Crippen LogP contribution is -2.11. The van der Waals surface area contributed by atoms with Crippen molar-refractivity contribution in [3.05, 3.63) is 28.3 Å². The molecule has 0 fully saturated rings. The van der Waals surface area contributed by atoms with Crippen molar-refractivity contribution in [2.75, 3.05) is 11.9 Å². The number of nitrogens with one attached hydrogen (secondary N) is 1. The lowest BCUT2D eigenvalue weighted by Gasteiger charge is -2.02. The van der Waals surface area contributed by atoms with Crippen LogP contribution in [-0.4, -0.2) is 22.3 Å². The normalized spacial score (nSPS) is 10.2. The first-order chi connectivity index (χ1) is 8.15. The van der Waals surface area contributed by atoms with Gasteiger partial charge in [-0.1, -0.05) is 0 Å². The summed E-state index contributed by atoms with van der Waals surface area (Å²) in [4.78, 5) is 20.2. The monoisotopic (exact) mass is 311 g/mol. The van der Waals surface area contributed by atoms with Crippen molar-refractivity contribution >= 4 is 39.0 Å². The van der Waals surface area contributed by atoms with Crippen LogP contribution in [0.15, 0.2) is 28.3 Å². The van der Waals surface area contributed by atoms with Crippen molar-refractivity contribution < 1.29 is 4.79 Å². The highest BCUT2D eigenvalue weighted by molar-refractivity contribution is 9.11. The van der Waals surface area contributed by atoms with Gasteiger partial charge in [0.15, 0.2) is 0 Å². The molecule has 2 heterocycles. The third-order valence-corrected chi connectivity index (χ3v) is 3.68. The van der Waals surface area contributed by atoms with Crippen LogP contribution < -0.4 is 5.32 Å². The summed E-state index contributed by atoms with van der Waals surface area (Å²) in [6, 6.07) is 4.00. The van der Waals surface area contributed by atoms with E-state index in [0.29, 0.717) is 5.95 Å². The van der Waals surface area contributed by atoms with Crippen molar-refractivity contribution in [3.8, 4) is 10.4 Å². The molecule has 0 aliphatic heterocycles. The largest absolute Gasteiger partial charge is 0.347 e. The van der Waals surface area contributed by atoms with Gasteiger partial charge in [0.05, 0.1) is 10.3 Å². The standard InChI is InChI=1S/C11H10BrN3OS/c1-7(16)4-13-11-14-5-8(6-15-11)9-2-3-10(12)17-9/h2-3,5-6H,4H2,1H3,(H,13,14,15). The molecule has 6 heteroatoms. The second-order valence-corrected chi connectivity index (χ2v) is 5.92. The summed E-state index contributed by atoms with van der Waals surface area (Å²) in [5.41, 5.74) is 0.967. The summed E-state index contributed by atoms with van der Waals surface area (Å²) in [6.45, 7) is 1.77. The van der Waals surface area contributed by atoms with Crippen LogP contribution in [0.25, 0.3) is 10.4 Å². The highest BCUT2D eigenvalue weighted by atomic mass is 79.9. The average molecular weight is 312 g/mol. The van der Waals surface area contributed by atoms with E-state index in [9.17, 15) is 4.79 Å². The second-order valence-electron chi connectivity index (χ2n) is 3.45. The Kier molecular flexibility index (Phi) is 3.86. The third kappa shape index (κ3) is 3.34. The summed E-state index contributed by atoms with van der Waals surface area (Å²) in [7, 11) is 0. The van der Waals surface area contributed by atoms with E-state index < -0.39 is 0 Å². The molecule has 2 aromatic rings. The molecule has 0 aliphatic carbocycles. The number of ketones is 1. The number of Topliss-reactive ketones (excluding diaryl/α,β-unsaturated/α-hetero) is 1. The van der Waals surface area contributed by atoms with E-state index in [0.717, 1.165) is 14.2 Å². The maximum atomic E-state index is 10.8. The number of hydrogen-bond donors (Lipinski definition) is 1. The Balaban J connectivity index is 2.10. The molecule has 0 unspecified atom stereocenters. The number of anilines is 1. The number of aromatic nitrogens is 2. The molecule has 4 nitrogen and oxygen atoms in total. The second kappa shape index (κ2) is 5.37. The molecule has 2 aromatic heterocycles. The van der Waals surface area contributed by atoms with Gasteiger partial charge in [0.25, 0.3) is 0 Å². The van der Waals surface area contributed by atoms with Crippen molar-refractivity contribution in [2.24, 2.45) is 0 Å². The number of rotatable bonds is 4. The lowest BCUT2D eigenvalue weighted by molar-refractivity contribution is -0.115. The van der Waals surface area contributed by atoms with Crippen LogP contribution in [0.5, 0.6) is 0 Å². The summed E-state index contributed by atoms with van der Waals surface area (Å²) in [6.07, 6.45) is 3.49. The van der Waals surface area contributed by atoms with E-state index in [1.165, 1.54) is 6.92 Å². The fourth-order valence-electron chi connectivity index (χ4n) is 1.22. The van der Waals surface area contributed by atoms with Crippen molar-refractivity contribution in [3.63, 3.8) is 0 Å². The van der Waals surface area contributed by atoms with Gasteiger partial charge in [-0.05, 0) is 35.0 Å². The van der Waals surface area contributed by atoms with E-state index in [2.05, 4.69) is 31.2 Å². The average Bonchev–Trinajstić information content (AvgIpc) is 2.74. The highest BCUT2D eigenvalue weighted by Gasteiger charge is 2.03. The quantitative estimate of drug-likeness (QED) is 0.943. The van der Waals surface area contributed by atoms with Crippen molar-refractivity contribution in [2.45, 2.75) is 6.92 Å². The summed E-state index contributed by atoms with van der Waals surface area (Å²) >= 11 is 5.04. The van der Waals surface area contributed by atoms with E-state index in [1.54, 1.807) is 23.7 Å². The molecule has 0 saturated heterocycles. The minimum Gasteiger partial charge on any atom is -0.347 e. The van der Waals surface area contributed by atoms with Gasteiger partial charge in [-0.15, -0.1) is 11.3 Å². The summed E-state index contributed by atoms with van der Waals surface area (Å²) in [5.74, 6) is 0.527. The van der Waals surface area contributed by atoms with Crippen molar-refractivity contribution in [1.82, 2.24) is 9.97 Å². The molecule has 0 spiro atoms. The topological polar surface area (TPSA) is 54.9 Å². The van der Waals surface area contributed by atoms with Crippen molar-refractivity contribution in [1.29, 1.82) is 0 Å². The number of carbonyl (C=O) groups is 1. The van der Waals surface area contributed by atoms with Crippen LogP contribution in [-0.2, 0) is 4.79 Å². The molecule has 88 valence electrons. The molecule has 0 atom stereocenters. The molecule has 0 aliphatic rings. The van der Waals surface area contributed by atoms with Crippen LogP contribution in [0, 0.1) is 0 Å². The van der Waals surface area contributed by atoms with Gasteiger partial charge in [-0.2, -0.15) is 0 Å². The number of nitrogens with zero attached hydrogens (tertiary/aromatic N) is 2. The number of halogens is 1. The van der Waals surface area contributed by atoms with Gasteiger partial charge >= 0.3 is 0 Å². The maximum absolute atomic E-state index is 10.8. The molecule has 2 rings (SSSR count). The smallest absolute Gasteiger partial charge is 0.222 e.